The average Bonchev–Trinajstić information content (AvgIpc) is 3.53. The van der Waals surface area contributed by atoms with Gasteiger partial charge in [-0.2, -0.15) is 0 Å². The van der Waals surface area contributed by atoms with Crippen LogP contribution in [0.15, 0.2) is 60.7 Å². The number of benzene rings is 2. The SMILES string of the molecule is CCNC(=O)[C@H]1OC(OC)[C@H](O)[C@@H]1O.CCNC(=O)[C@H]1OC(OC)[C@H](OC(=O)c2ccccc2)[C@@H]1OC(=O)c1ccccc1. The summed E-state index contributed by atoms with van der Waals surface area (Å²) >= 11 is 0. The van der Waals surface area contributed by atoms with Crippen molar-refractivity contribution >= 4 is 23.8 Å². The minimum Gasteiger partial charge on any atom is -0.451 e. The maximum absolute atomic E-state index is 12.6. The fourth-order valence-corrected chi connectivity index (χ4v) is 4.42. The number of esters is 2. The zero-order valence-electron chi connectivity index (χ0n) is 24.8. The van der Waals surface area contributed by atoms with E-state index in [-0.39, 0.29) is 0 Å². The third-order valence-corrected chi connectivity index (χ3v) is 6.58. The van der Waals surface area contributed by atoms with Gasteiger partial charge in [-0.05, 0) is 38.1 Å². The third-order valence-electron chi connectivity index (χ3n) is 6.58. The largest absolute Gasteiger partial charge is 0.451 e. The van der Waals surface area contributed by atoms with E-state index in [2.05, 4.69) is 10.6 Å². The number of carbonyl (C=O) groups is 4. The summed E-state index contributed by atoms with van der Waals surface area (Å²) < 4.78 is 31.8. The number of likely N-dealkylation sites (N-methyl/N-ethyl adjacent to an activating group) is 2. The lowest BCUT2D eigenvalue weighted by Gasteiger charge is -2.23. The van der Waals surface area contributed by atoms with E-state index in [0.717, 1.165) is 0 Å². The van der Waals surface area contributed by atoms with Crippen LogP contribution in [0.5, 0.6) is 0 Å². The molecule has 0 bridgehead atoms. The van der Waals surface area contributed by atoms with Crippen LogP contribution >= 0.6 is 0 Å². The topological polar surface area (TPSA) is 188 Å². The minimum atomic E-state index is -1.24. The Morgan fingerprint density at radius 2 is 1.09 bits per heavy atom. The van der Waals surface area contributed by atoms with E-state index in [1.165, 1.54) is 14.2 Å². The van der Waals surface area contributed by atoms with Gasteiger partial charge in [0.25, 0.3) is 11.8 Å². The number of nitrogens with one attached hydrogen (secondary N) is 2. The molecule has 0 aromatic heterocycles. The highest BCUT2D eigenvalue weighted by molar-refractivity contribution is 5.91. The number of amides is 2. The van der Waals surface area contributed by atoms with Crippen molar-refractivity contribution in [2.24, 2.45) is 0 Å². The number of hydrogen-bond acceptors (Lipinski definition) is 12. The number of hydrogen-bond donors (Lipinski definition) is 4. The van der Waals surface area contributed by atoms with Crippen LogP contribution in [0.4, 0.5) is 0 Å². The second-order valence-electron chi connectivity index (χ2n) is 9.56. The van der Waals surface area contributed by atoms with Crippen molar-refractivity contribution in [2.45, 2.75) is 63.1 Å². The van der Waals surface area contributed by atoms with Crippen LogP contribution in [0.2, 0.25) is 0 Å². The van der Waals surface area contributed by atoms with E-state index in [1.807, 2.05) is 0 Å². The molecule has 2 aliphatic rings. The molecular formula is C30H38N2O12. The summed E-state index contributed by atoms with van der Waals surface area (Å²) in [6, 6.07) is 16.6. The Morgan fingerprint density at radius 1 is 0.659 bits per heavy atom. The molecular weight excluding hydrogens is 580 g/mol. The molecule has 2 aliphatic heterocycles. The quantitative estimate of drug-likeness (QED) is 0.265. The number of rotatable bonds is 10. The lowest BCUT2D eigenvalue weighted by molar-refractivity contribution is -0.161. The van der Waals surface area contributed by atoms with Crippen LogP contribution in [-0.4, -0.2) is 110 Å². The van der Waals surface area contributed by atoms with Gasteiger partial charge in [-0.15, -0.1) is 0 Å². The van der Waals surface area contributed by atoms with Gasteiger partial charge < -0.3 is 49.3 Å². The second kappa shape index (κ2) is 16.8. The van der Waals surface area contributed by atoms with Gasteiger partial charge in [0.2, 0.25) is 0 Å². The van der Waals surface area contributed by atoms with Crippen LogP contribution in [0.25, 0.3) is 0 Å². The predicted molar refractivity (Wildman–Crippen MR) is 152 cm³/mol. The van der Waals surface area contributed by atoms with Crippen LogP contribution in [0.1, 0.15) is 34.6 Å². The van der Waals surface area contributed by atoms with Crippen LogP contribution < -0.4 is 10.6 Å². The number of aliphatic hydroxyl groups excluding tert-OH is 2. The normalized spacial score (nSPS) is 27.4. The van der Waals surface area contributed by atoms with E-state index >= 15 is 0 Å². The molecule has 2 heterocycles. The van der Waals surface area contributed by atoms with Crippen LogP contribution in [0.3, 0.4) is 0 Å². The standard InChI is InChI=1S/C22H23NO7.C8H15NO5/c1-3-23-19(24)17-16(28-20(25)14-10-6-4-7-11-14)18(22(27-2)30-17)29-21(26)15-12-8-5-9-13-15;1-3-9-7(12)6-4(10)5(11)8(13-2)14-6/h4-13,16-18,22H,3H2,1-2H3,(H,23,24);4-6,8,10-11H,3H2,1-2H3,(H,9,12)/t16-,17+,18-,22?;4-,5+,6-,8?/m10/s1. The third kappa shape index (κ3) is 8.59. The summed E-state index contributed by atoms with van der Waals surface area (Å²) in [5.74, 6) is -2.26. The first-order valence-electron chi connectivity index (χ1n) is 14.0. The number of ether oxygens (including phenoxy) is 6. The smallest absolute Gasteiger partial charge is 0.338 e. The van der Waals surface area contributed by atoms with Gasteiger partial charge in [0.05, 0.1) is 11.1 Å². The lowest BCUT2D eigenvalue weighted by atomic mass is 10.1. The molecule has 0 aliphatic carbocycles. The Bertz CT molecular complexity index is 1230. The highest BCUT2D eigenvalue weighted by atomic mass is 16.7. The summed E-state index contributed by atoms with van der Waals surface area (Å²) in [4.78, 5) is 49.0. The Morgan fingerprint density at radius 3 is 1.52 bits per heavy atom. The maximum Gasteiger partial charge on any atom is 0.338 e. The summed E-state index contributed by atoms with van der Waals surface area (Å²) in [6.45, 7) is 4.30. The van der Waals surface area contributed by atoms with Crippen molar-refractivity contribution < 1.29 is 57.8 Å². The molecule has 2 saturated heterocycles. The van der Waals surface area contributed by atoms with E-state index in [9.17, 15) is 29.4 Å². The average molecular weight is 619 g/mol. The highest BCUT2D eigenvalue weighted by Crippen LogP contribution is 2.29. The molecule has 2 aromatic rings. The summed E-state index contributed by atoms with van der Waals surface area (Å²) in [5.41, 5.74) is 0.600. The van der Waals surface area contributed by atoms with Crippen molar-refractivity contribution in [2.75, 3.05) is 27.3 Å². The van der Waals surface area contributed by atoms with E-state index in [1.54, 1.807) is 74.5 Å². The summed E-state index contributed by atoms with van der Waals surface area (Å²) in [5, 5.41) is 23.9. The molecule has 8 atom stereocenters. The van der Waals surface area contributed by atoms with Gasteiger partial charge in [-0.3, -0.25) is 9.59 Å². The second-order valence-corrected chi connectivity index (χ2v) is 9.56. The van der Waals surface area contributed by atoms with Gasteiger partial charge in [0.1, 0.15) is 12.2 Å². The van der Waals surface area contributed by atoms with Crippen molar-refractivity contribution in [3.63, 3.8) is 0 Å². The van der Waals surface area contributed by atoms with Crippen LogP contribution in [0, 0.1) is 0 Å². The molecule has 4 N–H and O–H groups in total. The predicted octanol–water partition coefficient (Wildman–Crippen LogP) is 0.161. The number of methoxy groups -OCH3 is 2. The van der Waals surface area contributed by atoms with E-state index < -0.39 is 73.0 Å². The molecule has 2 unspecified atom stereocenters. The molecule has 2 aromatic carbocycles. The molecule has 14 nitrogen and oxygen atoms in total. The fraction of sp³-hybridized carbons (Fsp3) is 0.467. The van der Waals surface area contributed by atoms with Gasteiger partial charge in [0.15, 0.2) is 37.0 Å². The molecule has 240 valence electrons. The van der Waals surface area contributed by atoms with E-state index in [4.69, 9.17) is 28.4 Å². The van der Waals surface area contributed by atoms with Gasteiger partial charge in [-0.25, -0.2) is 9.59 Å². The Kier molecular flexibility index (Phi) is 13.2. The van der Waals surface area contributed by atoms with Crippen molar-refractivity contribution in [3.05, 3.63) is 71.8 Å². The number of carbonyl (C=O) groups excluding carboxylic acids is 4. The van der Waals surface area contributed by atoms with Crippen molar-refractivity contribution in [3.8, 4) is 0 Å². The number of aliphatic hydroxyl groups is 2. The molecule has 14 heteroatoms. The summed E-state index contributed by atoms with van der Waals surface area (Å²) in [7, 11) is 2.69. The summed E-state index contributed by atoms with van der Waals surface area (Å²) in [6.07, 6.45) is -9.05. The molecule has 2 fully saturated rings. The Balaban J connectivity index is 0.000000317. The van der Waals surface area contributed by atoms with Gasteiger partial charge >= 0.3 is 11.9 Å². The molecule has 0 spiro atoms. The fourth-order valence-electron chi connectivity index (χ4n) is 4.42. The van der Waals surface area contributed by atoms with Crippen LogP contribution in [-0.2, 0) is 38.0 Å². The minimum absolute atomic E-state index is 0.293. The monoisotopic (exact) mass is 618 g/mol. The zero-order valence-corrected chi connectivity index (χ0v) is 24.8. The Hall–Kier alpha value is -3.92. The Labute approximate surface area is 254 Å². The van der Waals surface area contributed by atoms with Crippen molar-refractivity contribution in [1.29, 1.82) is 0 Å². The lowest BCUT2D eigenvalue weighted by Crippen LogP contribution is -2.46. The molecule has 4 rings (SSSR count). The zero-order chi connectivity index (χ0) is 32.2. The molecule has 44 heavy (non-hydrogen) atoms. The molecule has 0 radical (unpaired) electrons. The van der Waals surface area contributed by atoms with Gasteiger partial charge in [0, 0.05) is 27.3 Å². The van der Waals surface area contributed by atoms with Gasteiger partial charge in [-0.1, -0.05) is 36.4 Å². The van der Waals surface area contributed by atoms with Crippen molar-refractivity contribution in [1.82, 2.24) is 10.6 Å². The molecule has 0 saturated carbocycles. The first-order chi connectivity index (χ1) is 21.2. The van der Waals surface area contributed by atoms with E-state index in [0.29, 0.717) is 24.2 Å². The highest BCUT2D eigenvalue weighted by Gasteiger charge is 2.53. The molecule has 2 amide bonds. The first kappa shape index (κ1) is 34.6. The maximum atomic E-state index is 12.6. The first-order valence-corrected chi connectivity index (χ1v) is 14.0.